The third-order valence-electron chi connectivity index (χ3n) is 7.18. The van der Waals surface area contributed by atoms with Gasteiger partial charge in [0, 0.05) is 0 Å². The predicted molar refractivity (Wildman–Crippen MR) is 120 cm³/mol. The first-order chi connectivity index (χ1) is 17.1. The second-order valence-corrected chi connectivity index (χ2v) is 10.1. The SMILES string of the molecule is CCC(NC(=O)OC1(CO)O[C@H](CO)[C@@H](O)[C@@H]1O)C(C(=O)O)([C@H]1O[C@H](CO)[C@@H](O)[C@H](O)[C@H]1O)[N+](C)(C)C. The molecule has 0 aromatic carbocycles. The fourth-order valence-electron chi connectivity index (χ4n) is 5.17. The van der Waals surface area contributed by atoms with E-state index in [4.69, 9.17) is 14.2 Å². The van der Waals surface area contributed by atoms with Gasteiger partial charge in [-0.15, -0.1) is 0 Å². The minimum Gasteiger partial charge on any atom is -0.476 e. The van der Waals surface area contributed by atoms with Gasteiger partial charge in [-0.05, 0) is 6.42 Å². The average Bonchev–Trinajstić information content (AvgIpc) is 3.07. The minimum absolute atomic E-state index is 0.122. The Hall–Kier alpha value is -1.70. The molecule has 2 aliphatic heterocycles. The van der Waals surface area contributed by atoms with Crippen molar-refractivity contribution in [3.63, 3.8) is 0 Å². The molecule has 216 valence electrons. The molecule has 2 rings (SSSR count). The Morgan fingerprint density at radius 2 is 1.54 bits per heavy atom. The number of quaternary nitrogens is 1. The van der Waals surface area contributed by atoms with Gasteiger partial charge in [0.15, 0.2) is 12.2 Å². The van der Waals surface area contributed by atoms with Crippen molar-refractivity contribution in [1.82, 2.24) is 5.32 Å². The number of rotatable bonds is 10. The van der Waals surface area contributed by atoms with Crippen molar-refractivity contribution in [3.8, 4) is 0 Å². The Morgan fingerprint density at radius 1 is 0.973 bits per heavy atom. The maximum atomic E-state index is 13.0. The summed E-state index contributed by atoms with van der Waals surface area (Å²) in [6.45, 7) is -1.22. The molecule has 1 amide bonds. The smallest absolute Gasteiger partial charge is 0.410 e. The zero-order valence-electron chi connectivity index (χ0n) is 21.0. The minimum atomic E-state index is -2.49. The molecule has 3 unspecified atom stereocenters. The number of nitrogens with zero attached hydrogens (tertiary/aromatic N) is 1. The van der Waals surface area contributed by atoms with Crippen LogP contribution in [-0.4, -0.2) is 170 Å². The molecule has 37 heavy (non-hydrogen) atoms. The highest BCUT2D eigenvalue weighted by Crippen LogP contribution is 2.39. The van der Waals surface area contributed by atoms with Crippen LogP contribution in [0.3, 0.4) is 0 Å². The highest BCUT2D eigenvalue weighted by Gasteiger charge is 2.68. The molecule has 16 nitrogen and oxygen atoms in total. The summed E-state index contributed by atoms with van der Waals surface area (Å²) in [5.74, 6) is -4.07. The van der Waals surface area contributed by atoms with E-state index in [1.807, 2.05) is 0 Å². The molecule has 0 radical (unpaired) electrons. The molecule has 0 bridgehead atoms. The second-order valence-electron chi connectivity index (χ2n) is 10.1. The Labute approximate surface area is 212 Å². The molecule has 16 heteroatoms. The number of carbonyl (C=O) groups excluding carboxylic acids is 1. The van der Waals surface area contributed by atoms with Crippen LogP contribution < -0.4 is 5.32 Å². The van der Waals surface area contributed by atoms with Crippen LogP contribution in [0.1, 0.15) is 13.3 Å². The second kappa shape index (κ2) is 11.6. The first-order valence-electron chi connectivity index (χ1n) is 11.7. The first kappa shape index (κ1) is 31.5. The van der Waals surface area contributed by atoms with E-state index in [-0.39, 0.29) is 6.42 Å². The number of nitrogens with one attached hydrogen (secondary N) is 1. The summed E-state index contributed by atoms with van der Waals surface area (Å²) < 4.78 is 15.4. The summed E-state index contributed by atoms with van der Waals surface area (Å²) in [7, 11) is 4.27. The molecule has 2 fully saturated rings. The largest absolute Gasteiger partial charge is 0.476 e. The van der Waals surface area contributed by atoms with E-state index in [9.17, 15) is 55.5 Å². The molecule has 2 saturated heterocycles. The number of alkyl carbamates (subject to hydrolysis) is 1. The van der Waals surface area contributed by atoms with E-state index < -0.39 is 103 Å². The molecule has 0 aromatic rings. The van der Waals surface area contributed by atoms with E-state index in [2.05, 4.69) is 5.32 Å². The predicted octanol–water partition coefficient (Wildman–Crippen LogP) is -5.34. The van der Waals surface area contributed by atoms with Crippen molar-refractivity contribution in [2.45, 2.75) is 79.5 Å². The molecule has 2 heterocycles. The van der Waals surface area contributed by atoms with Gasteiger partial charge in [-0.25, -0.2) is 9.59 Å². The van der Waals surface area contributed by atoms with Gasteiger partial charge < -0.3 is 70.0 Å². The molecule has 10 N–H and O–H groups in total. The highest BCUT2D eigenvalue weighted by atomic mass is 16.8. The number of hydrogen-bond acceptors (Lipinski definition) is 13. The third kappa shape index (κ3) is 5.28. The maximum Gasteiger partial charge on any atom is 0.410 e. The van der Waals surface area contributed by atoms with Gasteiger partial charge in [-0.1, -0.05) is 6.92 Å². The van der Waals surface area contributed by atoms with Gasteiger partial charge in [0.05, 0.1) is 34.4 Å². The lowest BCUT2D eigenvalue weighted by Crippen LogP contribution is -2.81. The van der Waals surface area contributed by atoms with Crippen molar-refractivity contribution in [2.24, 2.45) is 0 Å². The van der Waals surface area contributed by atoms with E-state index in [1.165, 1.54) is 28.1 Å². The lowest BCUT2D eigenvalue weighted by Gasteiger charge is -2.54. The van der Waals surface area contributed by atoms with E-state index >= 15 is 0 Å². The van der Waals surface area contributed by atoms with Crippen molar-refractivity contribution >= 4 is 12.1 Å². The number of aliphatic hydroxyl groups is 8. The molecule has 2 aliphatic rings. The fourth-order valence-corrected chi connectivity index (χ4v) is 5.17. The Kier molecular flexibility index (Phi) is 9.87. The van der Waals surface area contributed by atoms with Crippen molar-refractivity contribution in [2.75, 3.05) is 41.0 Å². The standard InChI is InChI=1S/C21H38N2O14/c1-5-11(22-19(34)37-20(8-26)16(31)13(28)10(7-25)36-20)21(18(32)33,23(2,3)4)17-15(30)14(29)12(27)9(6-24)35-17/h9-17,24-31H,5-8H2,1-4H3,(H-,22,32,33,34)/p+1/t9-,10-,11?,12-,13-,14+,15-,16+,17+,20?,21?/m1/s1. The molecular formula is C21H39N2O14+. The average molecular weight is 544 g/mol. The van der Waals surface area contributed by atoms with Crippen molar-refractivity contribution < 1.29 is 74.2 Å². The van der Waals surface area contributed by atoms with Gasteiger partial charge in [-0.3, -0.25) is 0 Å². The Bertz CT molecular complexity index is 809. The van der Waals surface area contributed by atoms with Crippen LogP contribution in [0.25, 0.3) is 0 Å². The van der Waals surface area contributed by atoms with Gasteiger partial charge >= 0.3 is 12.1 Å². The Morgan fingerprint density at radius 3 is 1.95 bits per heavy atom. The summed E-state index contributed by atoms with van der Waals surface area (Å²) in [6.07, 6.45) is -15.4. The van der Waals surface area contributed by atoms with Crippen LogP contribution in [0.15, 0.2) is 0 Å². The number of amides is 1. The van der Waals surface area contributed by atoms with Crippen LogP contribution in [0.2, 0.25) is 0 Å². The monoisotopic (exact) mass is 543 g/mol. The van der Waals surface area contributed by atoms with Gasteiger partial charge in [0.25, 0.3) is 5.79 Å². The van der Waals surface area contributed by atoms with Gasteiger partial charge in [0.1, 0.15) is 49.3 Å². The topological polar surface area (TPSA) is 256 Å². The Balaban J connectivity index is 2.49. The highest BCUT2D eigenvalue weighted by molar-refractivity contribution is 5.81. The van der Waals surface area contributed by atoms with Crippen LogP contribution in [-0.2, 0) is 19.0 Å². The fraction of sp³-hybridized carbons (Fsp3) is 0.905. The van der Waals surface area contributed by atoms with Crippen molar-refractivity contribution in [1.29, 1.82) is 0 Å². The number of hydrogen-bond donors (Lipinski definition) is 10. The maximum absolute atomic E-state index is 13.0. The van der Waals surface area contributed by atoms with Crippen LogP contribution in [0, 0.1) is 0 Å². The van der Waals surface area contributed by atoms with Gasteiger partial charge in [0.2, 0.25) is 5.54 Å². The first-order valence-corrected chi connectivity index (χ1v) is 11.7. The molecule has 0 aromatic heterocycles. The summed E-state index contributed by atoms with van der Waals surface area (Å²) >= 11 is 0. The summed E-state index contributed by atoms with van der Waals surface area (Å²) in [5, 5.41) is 93.2. The number of likely N-dealkylation sites (N-methyl/N-ethyl adjacent to an activating group) is 1. The third-order valence-corrected chi connectivity index (χ3v) is 7.18. The number of aliphatic hydroxyl groups excluding tert-OH is 8. The molecule has 0 spiro atoms. The molecular weight excluding hydrogens is 504 g/mol. The lowest BCUT2D eigenvalue weighted by molar-refractivity contribution is -0.921. The molecule has 0 aliphatic carbocycles. The summed E-state index contributed by atoms with van der Waals surface area (Å²) in [6, 6.07) is -1.44. The van der Waals surface area contributed by atoms with Crippen LogP contribution in [0.4, 0.5) is 4.79 Å². The van der Waals surface area contributed by atoms with Crippen molar-refractivity contribution in [3.05, 3.63) is 0 Å². The van der Waals surface area contributed by atoms with Crippen LogP contribution >= 0.6 is 0 Å². The van der Waals surface area contributed by atoms with E-state index in [0.717, 1.165) is 0 Å². The number of carbonyl (C=O) groups is 2. The van der Waals surface area contributed by atoms with Crippen LogP contribution in [0.5, 0.6) is 0 Å². The normalized spacial score (nSPS) is 39.0. The number of ether oxygens (including phenoxy) is 3. The number of carboxylic acids is 1. The zero-order valence-corrected chi connectivity index (χ0v) is 21.0. The molecule has 11 atom stereocenters. The van der Waals surface area contributed by atoms with E-state index in [1.54, 1.807) is 0 Å². The number of aliphatic carboxylic acids is 1. The van der Waals surface area contributed by atoms with Gasteiger partial charge in [-0.2, -0.15) is 0 Å². The quantitative estimate of drug-likeness (QED) is 0.115. The number of carboxylic acid groups (broad SMARTS) is 1. The summed E-state index contributed by atoms with van der Waals surface area (Å²) in [5.41, 5.74) is -2.28. The van der Waals surface area contributed by atoms with E-state index in [0.29, 0.717) is 0 Å². The summed E-state index contributed by atoms with van der Waals surface area (Å²) in [4.78, 5) is 25.9. The lowest BCUT2D eigenvalue weighted by atomic mass is 9.74. The molecule has 0 saturated carbocycles. The zero-order chi connectivity index (χ0) is 28.5.